The molecule has 184 valence electrons. The number of carboxylic acid groups (broad SMARTS) is 1. The van der Waals surface area contributed by atoms with E-state index in [1.807, 2.05) is 37.3 Å². The summed E-state index contributed by atoms with van der Waals surface area (Å²) in [4.78, 5) is 37.5. The molecule has 34 heavy (non-hydrogen) atoms. The van der Waals surface area contributed by atoms with Gasteiger partial charge in [0.15, 0.2) is 5.12 Å². The van der Waals surface area contributed by atoms with E-state index >= 15 is 0 Å². The van der Waals surface area contributed by atoms with Gasteiger partial charge in [-0.15, -0.1) is 0 Å². The summed E-state index contributed by atoms with van der Waals surface area (Å²) >= 11 is 1.21. The number of unbranched alkanes of at least 4 members (excludes halogenated alkanes) is 6. The standard InChI is InChI=1S/C28H37NO4S/c1-4-5-6-7-8-9-13-19-25(30)34-20-28(3,22-15-11-10-12-16-22)27(33)29-24-18-14-17-23(21(24)2)26(31)32/h10-12,14-18H,4-9,13,19-20H2,1-3H3,(H,29,33)(H,31,32). The molecule has 1 unspecified atom stereocenters. The van der Waals surface area contributed by atoms with Gasteiger partial charge in [-0.2, -0.15) is 0 Å². The third-order valence-electron chi connectivity index (χ3n) is 6.23. The SMILES string of the molecule is CCCCCCCCCC(=O)SCC(C)(C(=O)Nc1cccc(C(=O)O)c1C)c1ccccc1. The number of benzene rings is 2. The monoisotopic (exact) mass is 483 g/mol. The number of carboxylic acids is 1. The quantitative estimate of drug-likeness (QED) is 0.283. The van der Waals surface area contributed by atoms with Gasteiger partial charge in [0.2, 0.25) is 5.91 Å². The van der Waals surface area contributed by atoms with Crippen molar-refractivity contribution in [2.24, 2.45) is 0 Å². The summed E-state index contributed by atoms with van der Waals surface area (Å²) in [7, 11) is 0. The molecule has 2 aromatic carbocycles. The molecule has 0 aliphatic carbocycles. The minimum atomic E-state index is -1.04. The molecule has 0 fully saturated rings. The van der Waals surface area contributed by atoms with Gasteiger partial charge in [-0.3, -0.25) is 9.59 Å². The molecule has 0 bridgehead atoms. The Balaban J connectivity index is 2.05. The van der Waals surface area contributed by atoms with Crippen molar-refractivity contribution in [2.45, 2.75) is 77.6 Å². The largest absolute Gasteiger partial charge is 0.478 e. The number of nitrogens with one attached hydrogen (secondary N) is 1. The second-order valence-corrected chi connectivity index (χ2v) is 10.0. The summed E-state index contributed by atoms with van der Waals surface area (Å²) in [5, 5.41) is 12.4. The maximum absolute atomic E-state index is 13.5. The first-order valence-corrected chi connectivity index (χ1v) is 13.1. The van der Waals surface area contributed by atoms with Crippen LogP contribution in [0.15, 0.2) is 48.5 Å². The molecule has 2 N–H and O–H groups in total. The van der Waals surface area contributed by atoms with Crippen LogP contribution in [0.1, 0.15) is 86.7 Å². The molecule has 0 aliphatic heterocycles. The maximum Gasteiger partial charge on any atom is 0.336 e. The average molecular weight is 484 g/mol. The Kier molecular flexibility index (Phi) is 11.3. The molecule has 2 aromatic rings. The molecule has 2 rings (SSSR count). The summed E-state index contributed by atoms with van der Waals surface area (Å²) in [5.41, 5.74) is 0.982. The first kappa shape index (κ1) is 27.6. The van der Waals surface area contributed by atoms with Gasteiger partial charge in [-0.05, 0) is 43.5 Å². The fourth-order valence-corrected chi connectivity index (χ4v) is 4.91. The van der Waals surface area contributed by atoms with Crippen LogP contribution in [-0.2, 0) is 15.0 Å². The van der Waals surface area contributed by atoms with Crippen molar-refractivity contribution in [3.8, 4) is 0 Å². The molecule has 5 nitrogen and oxygen atoms in total. The lowest BCUT2D eigenvalue weighted by molar-refractivity contribution is -0.120. The highest BCUT2D eigenvalue weighted by molar-refractivity contribution is 8.13. The van der Waals surface area contributed by atoms with Crippen molar-refractivity contribution < 1.29 is 19.5 Å². The van der Waals surface area contributed by atoms with E-state index in [0.717, 1.165) is 24.8 Å². The maximum atomic E-state index is 13.5. The topological polar surface area (TPSA) is 83.5 Å². The Morgan fingerprint density at radius 3 is 2.21 bits per heavy atom. The minimum Gasteiger partial charge on any atom is -0.478 e. The number of anilines is 1. The number of hydrogen-bond donors (Lipinski definition) is 2. The van der Waals surface area contributed by atoms with E-state index in [2.05, 4.69) is 12.2 Å². The molecule has 1 atom stereocenters. The van der Waals surface area contributed by atoms with E-state index < -0.39 is 11.4 Å². The van der Waals surface area contributed by atoms with Gasteiger partial charge in [0.25, 0.3) is 0 Å². The third-order valence-corrected chi connectivity index (χ3v) is 7.48. The minimum absolute atomic E-state index is 0.104. The van der Waals surface area contributed by atoms with Crippen LogP contribution in [-0.4, -0.2) is 27.9 Å². The highest BCUT2D eigenvalue weighted by Crippen LogP contribution is 2.32. The lowest BCUT2D eigenvalue weighted by Gasteiger charge is -2.29. The van der Waals surface area contributed by atoms with Crippen molar-refractivity contribution in [1.29, 1.82) is 0 Å². The Morgan fingerprint density at radius 1 is 0.912 bits per heavy atom. The zero-order valence-electron chi connectivity index (χ0n) is 20.6. The number of rotatable bonds is 14. The van der Waals surface area contributed by atoms with Crippen molar-refractivity contribution >= 4 is 34.4 Å². The van der Waals surface area contributed by atoms with Gasteiger partial charge in [-0.1, -0.05) is 93.6 Å². The lowest BCUT2D eigenvalue weighted by atomic mass is 9.83. The predicted octanol–water partition coefficient (Wildman–Crippen LogP) is 6.99. The van der Waals surface area contributed by atoms with E-state index in [1.54, 1.807) is 19.1 Å². The molecule has 0 heterocycles. The second-order valence-electron chi connectivity index (χ2n) is 8.97. The van der Waals surface area contributed by atoms with Gasteiger partial charge < -0.3 is 10.4 Å². The smallest absolute Gasteiger partial charge is 0.336 e. The molecule has 0 aliphatic rings. The Labute approximate surface area is 207 Å². The summed E-state index contributed by atoms with van der Waals surface area (Å²) in [6.07, 6.45) is 8.62. The Morgan fingerprint density at radius 2 is 1.56 bits per heavy atom. The fourth-order valence-electron chi connectivity index (χ4n) is 3.87. The highest BCUT2D eigenvalue weighted by atomic mass is 32.2. The van der Waals surface area contributed by atoms with Crippen molar-refractivity contribution in [1.82, 2.24) is 0 Å². The molecular formula is C28H37NO4S. The summed E-state index contributed by atoms with van der Waals surface area (Å²) < 4.78 is 0. The molecule has 6 heteroatoms. The summed E-state index contributed by atoms with van der Waals surface area (Å²) in [6.45, 7) is 5.72. The molecule has 0 saturated heterocycles. The Hall–Kier alpha value is -2.60. The van der Waals surface area contributed by atoms with Crippen LogP contribution in [0.25, 0.3) is 0 Å². The summed E-state index contributed by atoms with van der Waals surface area (Å²) in [5.74, 6) is -0.984. The van der Waals surface area contributed by atoms with Crippen molar-refractivity contribution in [3.05, 3.63) is 65.2 Å². The number of carbonyl (C=O) groups excluding carboxylic acids is 2. The fraction of sp³-hybridized carbons (Fsp3) is 0.464. The van der Waals surface area contributed by atoms with Crippen LogP contribution >= 0.6 is 11.8 Å². The van der Waals surface area contributed by atoms with E-state index in [-0.39, 0.29) is 16.6 Å². The van der Waals surface area contributed by atoms with E-state index in [9.17, 15) is 19.5 Å². The van der Waals surface area contributed by atoms with Crippen molar-refractivity contribution in [2.75, 3.05) is 11.1 Å². The highest BCUT2D eigenvalue weighted by Gasteiger charge is 2.36. The average Bonchev–Trinajstić information content (AvgIpc) is 2.83. The van der Waals surface area contributed by atoms with Crippen LogP contribution < -0.4 is 5.32 Å². The normalized spacial score (nSPS) is 12.7. The zero-order chi connectivity index (χ0) is 25.0. The number of aromatic carboxylic acids is 1. The molecular weight excluding hydrogens is 446 g/mol. The number of carbonyl (C=O) groups is 3. The van der Waals surface area contributed by atoms with E-state index in [1.165, 1.54) is 43.5 Å². The third kappa shape index (κ3) is 8.01. The van der Waals surface area contributed by atoms with Gasteiger partial charge in [0.05, 0.1) is 11.0 Å². The second kappa shape index (κ2) is 14.0. The van der Waals surface area contributed by atoms with Crippen LogP contribution in [0.4, 0.5) is 5.69 Å². The van der Waals surface area contributed by atoms with Gasteiger partial charge in [0.1, 0.15) is 0 Å². The zero-order valence-corrected chi connectivity index (χ0v) is 21.4. The number of amides is 1. The molecule has 1 amide bonds. The van der Waals surface area contributed by atoms with Crippen LogP contribution in [0.3, 0.4) is 0 Å². The van der Waals surface area contributed by atoms with Crippen LogP contribution in [0, 0.1) is 6.92 Å². The lowest BCUT2D eigenvalue weighted by Crippen LogP contribution is -2.40. The molecule has 0 saturated carbocycles. The number of hydrogen-bond acceptors (Lipinski definition) is 4. The van der Waals surface area contributed by atoms with Crippen LogP contribution in [0.5, 0.6) is 0 Å². The van der Waals surface area contributed by atoms with Gasteiger partial charge in [-0.25, -0.2) is 4.79 Å². The first-order chi connectivity index (χ1) is 16.3. The predicted molar refractivity (Wildman–Crippen MR) is 141 cm³/mol. The van der Waals surface area contributed by atoms with Gasteiger partial charge in [0, 0.05) is 17.9 Å². The van der Waals surface area contributed by atoms with Gasteiger partial charge >= 0.3 is 5.97 Å². The molecule has 0 aromatic heterocycles. The molecule has 0 spiro atoms. The number of thioether (sulfide) groups is 1. The first-order valence-electron chi connectivity index (χ1n) is 12.1. The van der Waals surface area contributed by atoms with E-state index in [4.69, 9.17) is 0 Å². The van der Waals surface area contributed by atoms with Crippen LogP contribution in [0.2, 0.25) is 0 Å². The molecule has 0 radical (unpaired) electrons. The van der Waals surface area contributed by atoms with E-state index in [0.29, 0.717) is 23.4 Å². The van der Waals surface area contributed by atoms with Crippen molar-refractivity contribution in [3.63, 3.8) is 0 Å². The Bertz CT molecular complexity index is 960. The summed E-state index contributed by atoms with van der Waals surface area (Å²) in [6, 6.07) is 14.3.